The Morgan fingerprint density at radius 2 is 1.72 bits per heavy atom. The first-order valence-electron chi connectivity index (χ1n) is 12.9. The predicted molar refractivity (Wildman–Crippen MR) is 142 cm³/mol. The van der Waals surface area contributed by atoms with E-state index in [1.54, 1.807) is 13.0 Å². The van der Waals surface area contributed by atoms with Crippen molar-refractivity contribution in [2.24, 2.45) is 10.8 Å². The average Bonchev–Trinajstić information content (AvgIpc) is 3.31. The Labute approximate surface area is 224 Å². The van der Waals surface area contributed by atoms with E-state index in [1.807, 2.05) is 12.1 Å². The molecule has 204 valence electrons. The van der Waals surface area contributed by atoms with Gasteiger partial charge in [-0.3, -0.25) is 9.69 Å². The van der Waals surface area contributed by atoms with E-state index in [2.05, 4.69) is 21.0 Å². The van der Waals surface area contributed by atoms with Gasteiger partial charge in [0.25, 0.3) is 5.91 Å². The monoisotopic (exact) mass is 539 g/mol. The van der Waals surface area contributed by atoms with Crippen LogP contribution in [0.4, 0.5) is 30.2 Å². The van der Waals surface area contributed by atoms with Crippen LogP contribution in [-0.2, 0) is 15.7 Å². The highest BCUT2D eigenvalue weighted by Gasteiger charge is 2.44. The van der Waals surface area contributed by atoms with Gasteiger partial charge in [-0.2, -0.15) is 18.4 Å². The standard InChI is InChI=1S/C28H29F3N6O2/c1-19-25(27(33)38)18-34-37(19,23-4-2-21(3-5-23)28(29,30)31)24-6-7-26(20(16-24)17-32)36-12-10-35(11-13-36)22-8-14-39-15-9-22/h2-7,16,18,22H,8-15H2,1H3,(H-,33,38)/p+1. The van der Waals surface area contributed by atoms with Gasteiger partial charge in [0.1, 0.15) is 17.9 Å². The maximum absolute atomic E-state index is 13.3. The fraction of sp³-hybridized carbons (Fsp3) is 0.393. The maximum Gasteiger partial charge on any atom is 0.416 e. The van der Waals surface area contributed by atoms with Crippen LogP contribution in [0.1, 0.15) is 30.9 Å². The number of nitriles is 1. The van der Waals surface area contributed by atoms with Crippen LogP contribution in [-0.4, -0.2) is 62.5 Å². The molecule has 3 aliphatic heterocycles. The molecule has 2 N–H and O–H groups in total. The van der Waals surface area contributed by atoms with Crippen molar-refractivity contribution in [2.75, 3.05) is 44.3 Å². The molecular weight excluding hydrogens is 509 g/mol. The first kappa shape index (κ1) is 26.9. The number of primary amides is 1. The summed E-state index contributed by atoms with van der Waals surface area (Å²) in [6, 6.07) is 12.8. The summed E-state index contributed by atoms with van der Waals surface area (Å²) in [5.41, 5.74) is 7.49. The zero-order valence-corrected chi connectivity index (χ0v) is 21.6. The molecule has 0 aromatic heterocycles. The Morgan fingerprint density at radius 1 is 1.08 bits per heavy atom. The van der Waals surface area contributed by atoms with E-state index in [-0.39, 0.29) is 10.2 Å². The number of hydrogen-bond donors (Lipinski definition) is 1. The highest BCUT2D eigenvalue weighted by molar-refractivity contribution is 6.14. The third kappa shape index (κ3) is 4.91. The minimum Gasteiger partial charge on any atom is -0.381 e. The summed E-state index contributed by atoms with van der Waals surface area (Å²) in [7, 11) is 0. The summed E-state index contributed by atoms with van der Waals surface area (Å²) >= 11 is 0. The van der Waals surface area contributed by atoms with Crippen molar-refractivity contribution in [1.29, 1.82) is 5.26 Å². The second kappa shape index (κ2) is 10.4. The number of piperazine rings is 1. The molecule has 2 fully saturated rings. The lowest BCUT2D eigenvalue weighted by molar-refractivity contribution is -0.137. The molecule has 3 heterocycles. The second-order valence-corrected chi connectivity index (χ2v) is 9.97. The van der Waals surface area contributed by atoms with Crippen molar-refractivity contribution >= 4 is 29.2 Å². The molecule has 0 spiro atoms. The SMILES string of the molecule is CC1=C(C(N)=O)C=N[N+]1(c1ccc(C(F)(F)F)cc1)c1ccc(N2CCN(C3CCOCC3)CC2)c(C#N)c1. The van der Waals surface area contributed by atoms with Gasteiger partial charge >= 0.3 is 6.18 Å². The fourth-order valence-electron chi connectivity index (χ4n) is 5.75. The van der Waals surface area contributed by atoms with Crippen LogP contribution >= 0.6 is 0 Å². The Hall–Kier alpha value is -3.72. The number of carbonyl (C=O) groups is 1. The molecule has 2 aromatic carbocycles. The number of ether oxygens (including phenoxy) is 1. The number of benzene rings is 2. The number of nitrogens with zero attached hydrogens (tertiary/aromatic N) is 5. The molecule has 11 heteroatoms. The number of quaternary nitrogens is 1. The number of hydrogen-bond acceptors (Lipinski definition) is 6. The van der Waals surface area contributed by atoms with Crippen LogP contribution in [0.2, 0.25) is 0 Å². The van der Waals surface area contributed by atoms with Crippen LogP contribution in [0, 0.1) is 11.3 Å². The lowest BCUT2D eigenvalue weighted by Gasteiger charge is -2.41. The van der Waals surface area contributed by atoms with Crippen molar-refractivity contribution in [2.45, 2.75) is 32.0 Å². The van der Waals surface area contributed by atoms with Gasteiger partial charge in [-0.15, -0.1) is 4.59 Å². The summed E-state index contributed by atoms with van der Waals surface area (Å²) in [5, 5.41) is 14.7. The van der Waals surface area contributed by atoms with Crippen molar-refractivity contribution in [3.8, 4) is 6.07 Å². The first-order valence-corrected chi connectivity index (χ1v) is 12.9. The molecule has 39 heavy (non-hydrogen) atoms. The number of anilines is 1. The van der Waals surface area contributed by atoms with E-state index < -0.39 is 17.6 Å². The maximum atomic E-state index is 13.3. The zero-order valence-electron chi connectivity index (χ0n) is 21.6. The summed E-state index contributed by atoms with van der Waals surface area (Å²) < 4.78 is 44.9. The Kier molecular flexibility index (Phi) is 7.20. The van der Waals surface area contributed by atoms with Crippen LogP contribution in [0.15, 0.2) is 58.8 Å². The van der Waals surface area contributed by atoms with Crippen LogP contribution in [0.5, 0.6) is 0 Å². The predicted octanol–water partition coefficient (Wildman–Crippen LogP) is 4.28. The average molecular weight is 540 g/mol. The number of allylic oxidation sites excluding steroid dienone is 1. The van der Waals surface area contributed by atoms with Crippen LogP contribution in [0.3, 0.4) is 0 Å². The van der Waals surface area contributed by atoms with E-state index in [4.69, 9.17) is 10.5 Å². The zero-order chi connectivity index (χ0) is 27.8. The number of carbonyl (C=O) groups excluding carboxylic acids is 1. The highest BCUT2D eigenvalue weighted by Crippen LogP contribution is 2.45. The molecule has 1 amide bonds. The second-order valence-electron chi connectivity index (χ2n) is 9.97. The van der Waals surface area contributed by atoms with E-state index in [0.717, 1.165) is 70.1 Å². The van der Waals surface area contributed by atoms with Gasteiger partial charge in [-0.05, 0) is 31.0 Å². The van der Waals surface area contributed by atoms with Gasteiger partial charge in [0.05, 0.1) is 16.8 Å². The van der Waals surface area contributed by atoms with E-state index in [9.17, 15) is 23.2 Å². The topological polar surface area (TPSA) is 95.0 Å². The van der Waals surface area contributed by atoms with Crippen molar-refractivity contribution in [3.63, 3.8) is 0 Å². The number of rotatable bonds is 5. The lowest BCUT2D eigenvalue weighted by Crippen LogP contribution is -2.51. The number of amides is 1. The minimum absolute atomic E-state index is 0.168. The fourth-order valence-corrected chi connectivity index (χ4v) is 5.75. The van der Waals surface area contributed by atoms with E-state index in [0.29, 0.717) is 28.7 Å². The Balaban J connectivity index is 1.49. The van der Waals surface area contributed by atoms with Gasteiger partial charge in [0.2, 0.25) is 0 Å². The van der Waals surface area contributed by atoms with Crippen LogP contribution < -0.4 is 15.2 Å². The first-order chi connectivity index (χ1) is 18.6. The number of alkyl halides is 3. The van der Waals surface area contributed by atoms with Crippen molar-refractivity contribution in [1.82, 2.24) is 9.49 Å². The Bertz CT molecular complexity index is 1350. The molecule has 0 saturated carbocycles. The largest absolute Gasteiger partial charge is 0.416 e. The van der Waals surface area contributed by atoms with Gasteiger partial charge in [-0.1, -0.05) is 5.10 Å². The quantitative estimate of drug-likeness (QED) is 0.573. The van der Waals surface area contributed by atoms with E-state index in [1.165, 1.54) is 18.3 Å². The molecule has 2 saturated heterocycles. The van der Waals surface area contributed by atoms with Gasteiger partial charge < -0.3 is 15.4 Å². The summed E-state index contributed by atoms with van der Waals surface area (Å²) in [5.74, 6) is -0.692. The van der Waals surface area contributed by atoms with Crippen LogP contribution in [0.25, 0.3) is 0 Å². The normalized spacial score (nSPS) is 22.8. The summed E-state index contributed by atoms with van der Waals surface area (Å²) in [4.78, 5) is 16.8. The smallest absolute Gasteiger partial charge is 0.381 e. The number of halogens is 3. The van der Waals surface area contributed by atoms with Crippen molar-refractivity contribution in [3.05, 3.63) is 64.9 Å². The lowest BCUT2D eigenvalue weighted by atomic mass is 10.0. The molecule has 0 radical (unpaired) electrons. The Morgan fingerprint density at radius 3 is 2.28 bits per heavy atom. The number of nitrogens with two attached hydrogens (primary N) is 1. The van der Waals surface area contributed by atoms with Gasteiger partial charge in [0.15, 0.2) is 17.1 Å². The molecule has 1 atom stereocenters. The molecule has 3 aliphatic rings. The minimum atomic E-state index is -4.49. The van der Waals surface area contributed by atoms with Crippen molar-refractivity contribution < 1.29 is 22.7 Å². The molecule has 8 nitrogen and oxygen atoms in total. The third-order valence-electron chi connectivity index (χ3n) is 7.91. The van der Waals surface area contributed by atoms with Gasteiger partial charge in [-0.25, -0.2) is 0 Å². The molecule has 2 aromatic rings. The molecule has 0 bridgehead atoms. The molecule has 5 rings (SSSR count). The van der Waals surface area contributed by atoms with E-state index >= 15 is 0 Å². The molecule has 1 unspecified atom stereocenters. The summed E-state index contributed by atoms with van der Waals surface area (Å²) in [6.07, 6.45) is -1.10. The van der Waals surface area contributed by atoms with Gasteiger partial charge in [0, 0.05) is 76.6 Å². The molecular formula is C28H30F3N6O2+. The molecule has 0 aliphatic carbocycles. The summed E-state index contributed by atoms with van der Waals surface area (Å²) in [6.45, 7) is 6.56. The third-order valence-corrected chi connectivity index (χ3v) is 7.91. The highest BCUT2D eigenvalue weighted by atomic mass is 19.4.